The number of aryl methyl sites for hydroxylation is 2. The molecule has 14 nitrogen and oxygen atoms in total. The predicted octanol–water partition coefficient (Wildman–Crippen LogP) is 3.83. The molecule has 0 radical (unpaired) electrons. The molecule has 0 saturated heterocycles. The van der Waals surface area contributed by atoms with Gasteiger partial charge >= 0.3 is 0 Å². The van der Waals surface area contributed by atoms with Gasteiger partial charge in [0.1, 0.15) is 35.5 Å². The smallest absolute Gasteiger partial charge is 0.265 e. The SMILES string of the molecule is Cc1sc2c(c1C)C(c1ccc(Cl)cc1)=N[C@@H](CC(=O)NCCOCCOc1cccc3c1C(=O)N(C(C=O)CCC(N)=O)C3=O)c1nnc(C)n1-2. The number of carbonyl (C=O) groups excluding carboxylic acids is 5. The van der Waals surface area contributed by atoms with Crippen molar-refractivity contribution in [1.82, 2.24) is 25.0 Å². The van der Waals surface area contributed by atoms with Crippen LogP contribution in [0.25, 0.3) is 5.00 Å². The molecule has 0 bridgehead atoms. The summed E-state index contributed by atoms with van der Waals surface area (Å²) >= 11 is 7.83. The van der Waals surface area contributed by atoms with Gasteiger partial charge in [-0.05, 0) is 57.0 Å². The topological polar surface area (TPSA) is 188 Å². The molecule has 3 N–H and O–H groups in total. The Morgan fingerprint density at radius 1 is 1.04 bits per heavy atom. The second-order valence-electron chi connectivity index (χ2n) is 12.3. The number of hydrogen-bond donors (Lipinski definition) is 2. The van der Waals surface area contributed by atoms with E-state index in [2.05, 4.69) is 29.4 Å². The van der Waals surface area contributed by atoms with E-state index >= 15 is 0 Å². The van der Waals surface area contributed by atoms with E-state index in [4.69, 9.17) is 31.8 Å². The summed E-state index contributed by atoms with van der Waals surface area (Å²) in [5.74, 6) is -0.778. The molecule has 2 atom stereocenters. The number of fused-ring (bicyclic) bond motifs is 4. The molecule has 0 spiro atoms. The number of imide groups is 1. The zero-order valence-electron chi connectivity index (χ0n) is 28.7. The Labute approximate surface area is 308 Å². The minimum absolute atomic E-state index is 0.0294. The molecule has 2 aromatic heterocycles. The van der Waals surface area contributed by atoms with Crippen LogP contribution >= 0.6 is 22.9 Å². The highest BCUT2D eigenvalue weighted by molar-refractivity contribution is 7.15. The van der Waals surface area contributed by atoms with E-state index in [-0.39, 0.29) is 68.4 Å². The fourth-order valence-electron chi connectivity index (χ4n) is 6.20. The molecule has 16 heteroatoms. The van der Waals surface area contributed by atoms with Crippen molar-refractivity contribution >= 4 is 58.6 Å². The first-order chi connectivity index (χ1) is 25.0. The van der Waals surface area contributed by atoms with Gasteiger partial charge in [0.2, 0.25) is 11.8 Å². The van der Waals surface area contributed by atoms with E-state index in [1.807, 2.05) is 35.8 Å². The normalized spacial score (nSPS) is 15.3. The second kappa shape index (κ2) is 15.6. The number of nitrogens with zero attached hydrogens (tertiary/aromatic N) is 5. The molecule has 6 rings (SSSR count). The molecule has 2 aliphatic rings. The number of nitrogens with two attached hydrogens (primary N) is 1. The van der Waals surface area contributed by atoms with Crippen molar-refractivity contribution in [2.24, 2.45) is 10.7 Å². The largest absolute Gasteiger partial charge is 0.490 e. The fourth-order valence-corrected chi connectivity index (χ4v) is 7.54. The Morgan fingerprint density at radius 2 is 1.81 bits per heavy atom. The van der Waals surface area contributed by atoms with E-state index in [0.29, 0.717) is 23.0 Å². The van der Waals surface area contributed by atoms with Gasteiger partial charge in [0.25, 0.3) is 11.8 Å². The Morgan fingerprint density at radius 3 is 2.54 bits per heavy atom. The van der Waals surface area contributed by atoms with Crippen molar-refractivity contribution in [3.63, 3.8) is 0 Å². The first kappa shape index (κ1) is 36.5. The number of amides is 4. The number of nitrogens with one attached hydrogen (secondary N) is 1. The summed E-state index contributed by atoms with van der Waals surface area (Å²) in [5.41, 5.74) is 9.03. The molecule has 0 fully saturated rings. The van der Waals surface area contributed by atoms with Crippen LogP contribution in [-0.4, -0.2) is 87.7 Å². The van der Waals surface area contributed by atoms with Crippen LogP contribution in [0.2, 0.25) is 5.02 Å². The molecular weight excluding hydrogens is 710 g/mol. The highest BCUT2D eigenvalue weighted by atomic mass is 35.5. The van der Waals surface area contributed by atoms with Crippen molar-refractivity contribution in [1.29, 1.82) is 0 Å². The number of thiophene rings is 1. The molecule has 4 aromatic rings. The Hall–Kier alpha value is -5.25. The number of aldehydes is 1. The predicted molar refractivity (Wildman–Crippen MR) is 192 cm³/mol. The monoisotopic (exact) mass is 745 g/mol. The average Bonchev–Trinajstić information content (AvgIpc) is 3.69. The van der Waals surface area contributed by atoms with Gasteiger partial charge < -0.3 is 25.3 Å². The number of rotatable bonds is 15. The fraction of sp³-hybridized carbons (Fsp3) is 0.333. The maximum Gasteiger partial charge on any atom is 0.265 e. The zero-order valence-corrected chi connectivity index (χ0v) is 30.3. The van der Waals surface area contributed by atoms with Crippen LogP contribution in [0.15, 0.2) is 47.5 Å². The Balaban J connectivity index is 1.05. The lowest BCUT2D eigenvalue weighted by Crippen LogP contribution is -2.41. The summed E-state index contributed by atoms with van der Waals surface area (Å²) in [6, 6.07) is 10.3. The third-order valence-corrected chi connectivity index (χ3v) is 10.3. The minimum Gasteiger partial charge on any atom is -0.490 e. The highest BCUT2D eigenvalue weighted by Crippen LogP contribution is 2.39. The minimum atomic E-state index is -1.13. The summed E-state index contributed by atoms with van der Waals surface area (Å²) in [4.78, 5) is 69.4. The Kier molecular flexibility index (Phi) is 10.9. The number of hydrogen-bond acceptors (Lipinski definition) is 11. The summed E-state index contributed by atoms with van der Waals surface area (Å²) < 4.78 is 13.4. The van der Waals surface area contributed by atoms with Crippen LogP contribution in [0.5, 0.6) is 5.75 Å². The standard InChI is InChI=1S/C36H36ClN7O7S/c1-19-20(2)52-36-30(19)32(22-7-9-23(37)10-8-22)40-26(33-42-41-21(3)43(33)36)17-29(47)39-13-14-50-15-16-51-27-6-4-5-25-31(27)35(49)44(34(25)48)24(18-45)11-12-28(38)46/h4-10,18,24,26H,11-17H2,1-3H3,(H2,38,46)(H,39,47)/t24?,26-/m0/s1. The second-order valence-corrected chi connectivity index (χ2v) is 13.9. The molecule has 0 aliphatic carbocycles. The Bertz CT molecular complexity index is 2090. The molecule has 4 amide bonds. The molecule has 0 saturated carbocycles. The van der Waals surface area contributed by atoms with Crippen molar-refractivity contribution < 1.29 is 33.4 Å². The third-order valence-electron chi connectivity index (χ3n) is 8.87. The van der Waals surface area contributed by atoms with E-state index in [9.17, 15) is 24.0 Å². The number of aromatic nitrogens is 3. The van der Waals surface area contributed by atoms with Crippen LogP contribution in [0, 0.1) is 20.8 Å². The van der Waals surface area contributed by atoms with Gasteiger partial charge in [0.15, 0.2) is 5.82 Å². The van der Waals surface area contributed by atoms with Crippen LogP contribution in [0.4, 0.5) is 0 Å². The number of ether oxygens (including phenoxy) is 2. The van der Waals surface area contributed by atoms with Gasteiger partial charge in [0.05, 0.1) is 42.5 Å². The van der Waals surface area contributed by atoms with Crippen LogP contribution in [-0.2, 0) is 19.1 Å². The summed E-state index contributed by atoms with van der Waals surface area (Å²) in [5, 5.41) is 13.2. The van der Waals surface area contributed by atoms with Crippen molar-refractivity contribution in [3.8, 4) is 10.8 Å². The van der Waals surface area contributed by atoms with Crippen molar-refractivity contribution in [3.05, 3.63) is 91.8 Å². The maximum absolute atomic E-state index is 13.2. The average molecular weight is 746 g/mol. The quantitative estimate of drug-likeness (QED) is 0.104. The lowest BCUT2D eigenvalue weighted by atomic mass is 9.99. The molecular formula is C36H36ClN7O7S. The van der Waals surface area contributed by atoms with Crippen molar-refractivity contribution in [2.75, 3.05) is 26.4 Å². The van der Waals surface area contributed by atoms with E-state index in [1.54, 1.807) is 23.5 Å². The van der Waals surface area contributed by atoms with Crippen LogP contribution in [0.3, 0.4) is 0 Å². The lowest BCUT2D eigenvalue weighted by Gasteiger charge is -2.20. The molecule has 2 aromatic carbocycles. The first-order valence-corrected chi connectivity index (χ1v) is 17.8. The van der Waals surface area contributed by atoms with Gasteiger partial charge in [-0.25, -0.2) is 0 Å². The number of carbonyl (C=O) groups is 5. The summed E-state index contributed by atoms with van der Waals surface area (Å²) in [6.07, 6.45) is 0.255. The van der Waals surface area contributed by atoms with Crippen LogP contribution in [0.1, 0.15) is 79.2 Å². The zero-order chi connectivity index (χ0) is 37.1. The molecule has 2 aliphatic heterocycles. The summed E-state index contributed by atoms with van der Waals surface area (Å²) in [6.45, 7) is 6.59. The van der Waals surface area contributed by atoms with Gasteiger partial charge in [-0.2, -0.15) is 0 Å². The molecule has 4 heterocycles. The number of primary amides is 1. The number of aliphatic imine (C=N–C) groups is 1. The lowest BCUT2D eigenvalue weighted by molar-refractivity contribution is -0.122. The first-order valence-electron chi connectivity index (χ1n) is 16.6. The van der Waals surface area contributed by atoms with Gasteiger partial charge in [-0.15, -0.1) is 21.5 Å². The van der Waals surface area contributed by atoms with E-state index in [0.717, 1.165) is 37.2 Å². The number of halogens is 1. The maximum atomic E-state index is 13.2. The highest BCUT2D eigenvalue weighted by Gasteiger charge is 2.42. The van der Waals surface area contributed by atoms with Gasteiger partial charge in [-0.3, -0.25) is 33.6 Å². The molecule has 52 heavy (non-hydrogen) atoms. The molecule has 270 valence electrons. The molecule has 1 unspecified atom stereocenters. The number of benzene rings is 2. The van der Waals surface area contributed by atoms with Gasteiger partial charge in [-0.1, -0.05) is 29.8 Å². The van der Waals surface area contributed by atoms with E-state index < -0.39 is 29.8 Å². The van der Waals surface area contributed by atoms with Crippen LogP contribution < -0.4 is 15.8 Å². The summed E-state index contributed by atoms with van der Waals surface area (Å²) in [7, 11) is 0. The van der Waals surface area contributed by atoms with E-state index in [1.165, 1.54) is 6.07 Å². The van der Waals surface area contributed by atoms with Crippen molar-refractivity contribution in [2.45, 2.75) is 52.1 Å². The van der Waals surface area contributed by atoms with Gasteiger partial charge in [0, 0.05) is 34.0 Å². The third kappa shape index (κ3) is 7.24.